The molecule has 0 amide bonds. The number of hydrogen-bond donors (Lipinski definition) is 1. The van der Waals surface area contributed by atoms with Gasteiger partial charge in [0.15, 0.2) is 0 Å². The van der Waals surface area contributed by atoms with E-state index < -0.39 is 0 Å². The third kappa shape index (κ3) is 2.52. The average molecular weight is 249 g/mol. The van der Waals surface area contributed by atoms with Gasteiger partial charge in [-0.1, -0.05) is 19.9 Å². The van der Waals surface area contributed by atoms with Crippen LogP contribution in [0.25, 0.3) is 0 Å². The van der Waals surface area contributed by atoms with Crippen molar-refractivity contribution in [2.45, 2.75) is 38.1 Å². The van der Waals surface area contributed by atoms with Gasteiger partial charge in [-0.25, -0.2) is 0 Å². The molecule has 2 N–H and O–H groups in total. The fraction of sp³-hybridized carbons (Fsp3) is 0.600. The van der Waals surface area contributed by atoms with Crippen molar-refractivity contribution in [3.63, 3.8) is 0 Å². The molecule has 0 saturated carbocycles. The molecule has 3 heteroatoms. The molecule has 1 heterocycles. The average Bonchev–Trinajstić information content (AvgIpc) is 2.38. The summed E-state index contributed by atoms with van der Waals surface area (Å²) in [4.78, 5) is 0. The second kappa shape index (κ2) is 5.29. The van der Waals surface area contributed by atoms with E-state index in [1.165, 1.54) is 5.56 Å². The van der Waals surface area contributed by atoms with E-state index in [0.29, 0.717) is 5.92 Å². The van der Waals surface area contributed by atoms with Gasteiger partial charge >= 0.3 is 0 Å². The Morgan fingerprint density at radius 2 is 1.94 bits per heavy atom. The van der Waals surface area contributed by atoms with E-state index in [2.05, 4.69) is 26.0 Å². The van der Waals surface area contributed by atoms with Crippen molar-refractivity contribution >= 4 is 0 Å². The Morgan fingerprint density at radius 1 is 1.28 bits per heavy atom. The fourth-order valence-electron chi connectivity index (χ4n) is 2.48. The summed E-state index contributed by atoms with van der Waals surface area (Å²) >= 11 is 0. The molecule has 1 saturated heterocycles. The summed E-state index contributed by atoms with van der Waals surface area (Å²) in [6, 6.07) is 6.36. The summed E-state index contributed by atoms with van der Waals surface area (Å²) < 4.78 is 10.9. The highest BCUT2D eigenvalue weighted by atomic mass is 16.5. The van der Waals surface area contributed by atoms with Crippen molar-refractivity contribution < 1.29 is 9.47 Å². The number of benzene rings is 1. The van der Waals surface area contributed by atoms with E-state index in [1.54, 1.807) is 7.11 Å². The van der Waals surface area contributed by atoms with Crippen LogP contribution in [0.15, 0.2) is 18.2 Å². The van der Waals surface area contributed by atoms with Crippen LogP contribution in [0.1, 0.15) is 43.7 Å². The fourth-order valence-corrected chi connectivity index (χ4v) is 2.48. The molecule has 3 nitrogen and oxygen atoms in total. The lowest BCUT2D eigenvalue weighted by atomic mass is 9.81. The quantitative estimate of drug-likeness (QED) is 0.896. The van der Waals surface area contributed by atoms with Crippen LogP contribution in [0.5, 0.6) is 5.75 Å². The van der Waals surface area contributed by atoms with E-state index in [9.17, 15) is 0 Å². The molecule has 0 aliphatic carbocycles. The molecule has 0 spiro atoms. The first-order valence-electron chi connectivity index (χ1n) is 6.62. The third-order valence-electron chi connectivity index (χ3n) is 3.81. The predicted molar refractivity (Wildman–Crippen MR) is 73.0 cm³/mol. The SMILES string of the molecule is COc1ccc(C(C)C)cc1C1(N)CCOCC1. The standard InChI is InChI=1S/C15H23NO2/c1-11(2)12-4-5-14(17-3)13(10-12)15(16)6-8-18-9-7-15/h4-5,10-11H,6-9,16H2,1-3H3. The highest BCUT2D eigenvalue weighted by Gasteiger charge is 2.33. The first-order chi connectivity index (χ1) is 8.57. The Morgan fingerprint density at radius 3 is 2.50 bits per heavy atom. The third-order valence-corrected chi connectivity index (χ3v) is 3.81. The highest BCUT2D eigenvalue weighted by Crippen LogP contribution is 2.37. The van der Waals surface area contributed by atoms with Crippen molar-refractivity contribution in [2.75, 3.05) is 20.3 Å². The summed E-state index contributed by atoms with van der Waals surface area (Å²) in [6.07, 6.45) is 1.70. The molecule has 1 fully saturated rings. The minimum atomic E-state index is -0.311. The molecule has 1 aromatic carbocycles. The van der Waals surface area contributed by atoms with Gasteiger partial charge in [0.2, 0.25) is 0 Å². The Kier molecular flexibility index (Phi) is 3.93. The van der Waals surface area contributed by atoms with Gasteiger partial charge < -0.3 is 15.2 Å². The van der Waals surface area contributed by atoms with Crippen LogP contribution in [-0.2, 0) is 10.3 Å². The van der Waals surface area contributed by atoms with Gasteiger partial charge in [0, 0.05) is 24.3 Å². The maximum Gasteiger partial charge on any atom is 0.123 e. The van der Waals surface area contributed by atoms with Crippen LogP contribution in [0.2, 0.25) is 0 Å². The van der Waals surface area contributed by atoms with Gasteiger partial charge in [-0.3, -0.25) is 0 Å². The van der Waals surface area contributed by atoms with E-state index in [-0.39, 0.29) is 5.54 Å². The molecular weight excluding hydrogens is 226 g/mol. The molecule has 0 bridgehead atoms. The van der Waals surface area contributed by atoms with Crippen LogP contribution in [0.3, 0.4) is 0 Å². The second-order valence-corrected chi connectivity index (χ2v) is 5.38. The minimum absolute atomic E-state index is 0.311. The summed E-state index contributed by atoms with van der Waals surface area (Å²) in [5.74, 6) is 1.39. The summed E-state index contributed by atoms with van der Waals surface area (Å²) in [6.45, 7) is 5.84. The van der Waals surface area contributed by atoms with Gasteiger partial charge in [0.05, 0.1) is 7.11 Å². The molecule has 1 aliphatic rings. The molecule has 100 valence electrons. The number of nitrogens with two attached hydrogens (primary N) is 1. The normalized spacial score (nSPS) is 18.9. The molecule has 18 heavy (non-hydrogen) atoms. The van der Waals surface area contributed by atoms with E-state index in [1.807, 2.05) is 6.07 Å². The minimum Gasteiger partial charge on any atom is -0.496 e. The first kappa shape index (κ1) is 13.4. The topological polar surface area (TPSA) is 44.5 Å². The van der Waals surface area contributed by atoms with Gasteiger partial charge in [-0.15, -0.1) is 0 Å². The summed E-state index contributed by atoms with van der Waals surface area (Å²) in [5, 5.41) is 0. The molecule has 0 aromatic heterocycles. The smallest absolute Gasteiger partial charge is 0.123 e. The van der Waals surface area contributed by atoms with Crippen molar-refractivity contribution in [1.29, 1.82) is 0 Å². The summed E-state index contributed by atoms with van der Waals surface area (Å²) in [5.41, 5.74) is 8.69. The molecule has 1 aliphatic heterocycles. The largest absolute Gasteiger partial charge is 0.496 e. The zero-order chi connectivity index (χ0) is 13.2. The van der Waals surface area contributed by atoms with Gasteiger partial charge in [-0.2, -0.15) is 0 Å². The van der Waals surface area contributed by atoms with Gasteiger partial charge in [-0.05, 0) is 36.5 Å². The van der Waals surface area contributed by atoms with E-state index >= 15 is 0 Å². The van der Waals surface area contributed by atoms with Gasteiger partial charge in [0.25, 0.3) is 0 Å². The van der Waals surface area contributed by atoms with Crippen LogP contribution in [-0.4, -0.2) is 20.3 Å². The van der Waals surface area contributed by atoms with Crippen molar-refractivity contribution in [3.8, 4) is 5.75 Å². The Balaban J connectivity index is 2.42. The molecule has 2 rings (SSSR count). The summed E-state index contributed by atoms with van der Waals surface area (Å²) in [7, 11) is 1.70. The Labute approximate surface area is 109 Å². The molecule has 0 radical (unpaired) electrons. The van der Waals surface area contributed by atoms with Crippen LogP contribution >= 0.6 is 0 Å². The molecule has 1 aromatic rings. The van der Waals surface area contributed by atoms with Crippen LogP contribution in [0, 0.1) is 0 Å². The monoisotopic (exact) mass is 249 g/mol. The number of rotatable bonds is 3. The zero-order valence-corrected chi connectivity index (χ0v) is 11.5. The molecular formula is C15H23NO2. The lowest BCUT2D eigenvalue weighted by Gasteiger charge is -2.35. The highest BCUT2D eigenvalue weighted by molar-refractivity contribution is 5.43. The van der Waals surface area contributed by atoms with Crippen LogP contribution in [0.4, 0.5) is 0 Å². The van der Waals surface area contributed by atoms with Crippen molar-refractivity contribution in [1.82, 2.24) is 0 Å². The van der Waals surface area contributed by atoms with E-state index in [4.69, 9.17) is 15.2 Å². The number of methoxy groups -OCH3 is 1. The van der Waals surface area contributed by atoms with Crippen LogP contribution < -0.4 is 10.5 Å². The number of hydrogen-bond acceptors (Lipinski definition) is 3. The maximum absolute atomic E-state index is 6.57. The van der Waals surface area contributed by atoms with Crippen molar-refractivity contribution in [2.24, 2.45) is 5.73 Å². The zero-order valence-electron chi connectivity index (χ0n) is 11.5. The van der Waals surface area contributed by atoms with E-state index in [0.717, 1.165) is 37.4 Å². The molecule has 0 atom stereocenters. The van der Waals surface area contributed by atoms with Gasteiger partial charge in [0.1, 0.15) is 5.75 Å². The van der Waals surface area contributed by atoms with Crippen molar-refractivity contribution in [3.05, 3.63) is 29.3 Å². The first-order valence-corrected chi connectivity index (χ1v) is 6.62. The Hall–Kier alpha value is -1.06. The lowest BCUT2D eigenvalue weighted by molar-refractivity contribution is 0.0514. The number of ether oxygens (including phenoxy) is 2. The predicted octanol–water partition coefficient (Wildman–Crippen LogP) is 2.78. The second-order valence-electron chi connectivity index (χ2n) is 5.38. The Bertz CT molecular complexity index is 409. The maximum atomic E-state index is 6.57. The lowest BCUT2D eigenvalue weighted by Crippen LogP contribution is -2.42. The molecule has 0 unspecified atom stereocenters.